The quantitative estimate of drug-likeness (QED) is 0.783. The van der Waals surface area contributed by atoms with Gasteiger partial charge in [0.2, 0.25) is 5.91 Å². The molecular weight excluding hydrogens is 216 g/mol. The van der Waals surface area contributed by atoms with E-state index in [2.05, 4.69) is 19.2 Å². The van der Waals surface area contributed by atoms with Crippen LogP contribution in [0.25, 0.3) is 0 Å². The summed E-state index contributed by atoms with van der Waals surface area (Å²) in [6.45, 7) is 9.68. The molecule has 2 atom stereocenters. The van der Waals surface area contributed by atoms with Crippen LogP contribution < -0.4 is 5.32 Å². The SMILES string of the molecule is CC1NCC(C)(C)CN(CC2CCCO2)C1=O. The second-order valence-electron chi connectivity index (χ2n) is 6.12. The highest BCUT2D eigenvalue weighted by molar-refractivity contribution is 5.81. The van der Waals surface area contributed by atoms with E-state index in [0.717, 1.165) is 39.1 Å². The van der Waals surface area contributed by atoms with Crippen LogP contribution in [0.4, 0.5) is 0 Å². The second kappa shape index (κ2) is 4.94. The van der Waals surface area contributed by atoms with E-state index in [-0.39, 0.29) is 23.5 Å². The minimum atomic E-state index is -0.0711. The first-order valence-electron chi connectivity index (χ1n) is 6.62. The lowest BCUT2D eigenvalue weighted by Crippen LogP contribution is -2.45. The highest BCUT2D eigenvalue weighted by Crippen LogP contribution is 2.22. The van der Waals surface area contributed by atoms with E-state index < -0.39 is 0 Å². The third-order valence-electron chi connectivity index (χ3n) is 3.64. The normalized spacial score (nSPS) is 33.8. The minimum Gasteiger partial charge on any atom is -0.376 e. The number of rotatable bonds is 2. The van der Waals surface area contributed by atoms with E-state index in [4.69, 9.17) is 4.74 Å². The third-order valence-corrected chi connectivity index (χ3v) is 3.64. The van der Waals surface area contributed by atoms with Gasteiger partial charge in [-0.1, -0.05) is 13.8 Å². The average molecular weight is 240 g/mol. The summed E-state index contributed by atoms with van der Waals surface area (Å²) in [4.78, 5) is 14.2. The van der Waals surface area contributed by atoms with Crippen molar-refractivity contribution in [3.05, 3.63) is 0 Å². The van der Waals surface area contributed by atoms with Gasteiger partial charge in [-0.15, -0.1) is 0 Å². The number of hydrogen-bond acceptors (Lipinski definition) is 3. The van der Waals surface area contributed by atoms with Crippen molar-refractivity contribution in [2.75, 3.05) is 26.2 Å². The monoisotopic (exact) mass is 240 g/mol. The van der Waals surface area contributed by atoms with Gasteiger partial charge in [-0.25, -0.2) is 0 Å². The fraction of sp³-hybridized carbons (Fsp3) is 0.923. The molecule has 2 saturated heterocycles. The predicted molar refractivity (Wildman–Crippen MR) is 66.8 cm³/mol. The van der Waals surface area contributed by atoms with Gasteiger partial charge in [0.15, 0.2) is 0 Å². The molecule has 2 unspecified atom stereocenters. The number of carbonyl (C=O) groups is 1. The van der Waals surface area contributed by atoms with Crippen molar-refractivity contribution in [2.45, 2.75) is 45.8 Å². The summed E-state index contributed by atoms with van der Waals surface area (Å²) in [5.74, 6) is 0.214. The van der Waals surface area contributed by atoms with E-state index in [1.165, 1.54) is 0 Å². The van der Waals surface area contributed by atoms with E-state index in [9.17, 15) is 4.79 Å². The molecular formula is C13H24N2O2. The van der Waals surface area contributed by atoms with Crippen LogP contribution in [0.3, 0.4) is 0 Å². The molecule has 0 aromatic heterocycles. The maximum absolute atomic E-state index is 12.2. The molecule has 2 heterocycles. The Morgan fingerprint density at radius 3 is 2.94 bits per heavy atom. The number of carbonyl (C=O) groups excluding carboxylic acids is 1. The van der Waals surface area contributed by atoms with Gasteiger partial charge in [0.25, 0.3) is 0 Å². The van der Waals surface area contributed by atoms with Crippen LogP contribution in [0.15, 0.2) is 0 Å². The zero-order valence-corrected chi connectivity index (χ0v) is 11.2. The first kappa shape index (κ1) is 12.8. The van der Waals surface area contributed by atoms with Crippen LogP contribution in [0.5, 0.6) is 0 Å². The van der Waals surface area contributed by atoms with Gasteiger partial charge in [0.1, 0.15) is 0 Å². The standard InChI is InChI=1S/C13H24N2O2/c1-10-12(16)15(7-11-5-4-6-17-11)9-13(2,3)8-14-10/h10-11,14H,4-9H2,1-3H3. The van der Waals surface area contributed by atoms with Gasteiger partial charge in [-0.3, -0.25) is 4.79 Å². The zero-order valence-electron chi connectivity index (χ0n) is 11.2. The predicted octanol–water partition coefficient (Wildman–Crippen LogP) is 1.01. The van der Waals surface area contributed by atoms with Crippen LogP contribution in [0.1, 0.15) is 33.6 Å². The molecule has 0 aliphatic carbocycles. The van der Waals surface area contributed by atoms with Crippen molar-refractivity contribution in [1.29, 1.82) is 0 Å². The van der Waals surface area contributed by atoms with Crippen molar-refractivity contribution >= 4 is 5.91 Å². The van der Waals surface area contributed by atoms with E-state index in [0.29, 0.717) is 0 Å². The van der Waals surface area contributed by atoms with Crippen molar-refractivity contribution in [3.8, 4) is 0 Å². The molecule has 17 heavy (non-hydrogen) atoms. The van der Waals surface area contributed by atoms with Crippen molar-refractivity contribution < 1.29 is 9.53 Å². The lowest BCUT2D eigenvalue weighted by atomic mass is 9.93. The summed E-state index contributed by atoms with van der Waals surface area (Å²) < 4.78 is 5.63. The van der Waals surface area contributed by atoms with Gasteiger partial charge in [-0.05, 0) is 25.2 Å². The Hall–Kier alpha value is -0.610. The molecule has 0 spiro atoms. The molecule has 4 nitrogen and oxygen atoms in total. The maximum Gasteiger partial charge on any atom is 0.239 e. The zero-order chi connectivity index (χ0) is 12.5. The van der Waals surface area contributed by atoms with E-state index >= 15 is 0 Å². The molecule has 0 bridgehead atoms. The van der Waals surface area contributed by atoms with Gasteiger partial charge >= 0.3 is 0 Å². The van der Waals surface area contributed by atoms with Gasteiger partial charge in [0, 0.05) is 26.2 Å². The Morgan fingerprint density at radius 2 is 2.29 bits per heavy atom. The van der Waals surface area contributed by atoms with Crippen LogP contribution >= 0.6 is 0 Å². The van der Waals surface area contributed by atoms with E-state index in [1.54, 1.807) is 0 Å². The number of amides is 1. The van der Waals surface area contributed by atoms with Gasteiger partial charge < -0.3 is 15.0 Å². The summed E-state index contributed by atoms with van der Waals surface area (Å²) in [5.41, 5.74) is 0.138. The van der Waals surface area contributed by atoms with Crippen molar-refractivity contribution in [3.63, 3.8) is 0 Å². The second-order valence-corrected chi connectivity index (χ2v) is 6.12. The summed E-state index contributed by atoms with van der Waals surface area (Å²) in [5, 5.41) is 3.31. The first-order chi connectivity index (χ1) is 7.98. The highest BCUT2D eigenvalue weighted by Gasteiger charge is 2.33. The Labute approximate surface area is 104 Å². The molecule has 0 saturated carbocycles. The molecule has 2 rings (SSSR count). The van der Waals surface area contributed by atoms with Crippen molar-refractivity contribution in [2.24, 2.45) is 5.41 Å². The fourth-order valence-corrected chi connectivity index (χ4v) is 2.63. The molecule has 1 amide bonds. The lowest BCUT2D eigenvalue weighted by molar-refractivity contribution is -0.134. The number of nitrogens with one attached hydrogen (secondary N) is 1. The topological polar surface area (TPSA) is 41.6 Å². The summed E-state index contributed by atoms with van der Waals surface area (Å²) in [6, 6.07) is -0.0711. The molecule has 98 valence electrons. The highest BCUT2D eigenvalue weighted by atomic mass is 16.5. The number of ether oxygens (including phenoxy) is 1. The number of hydrogen-bond donors (Lipinski definition) is 1. The smallest absolute Gasteiger partial charge is 0.239 e. The van der Waals surface area contributed by atoms with Crippen LogP contribution in [-0.2, 0) is 9.53 Å². The molecule has 0 aromatic carbocycles. The van der Waals surface area contributed by atoms with Gasteiger partial charge in [-0.2, -0.15) is 0 Å². The minimum absolute atomic E-state index is 0.0711. The van der Waals surface area contributed by atoms with E-state index in [1.807, 2.05) is 11.8 Å². The summed E-state index contributed by atoms with van der Waals surface area (Å²) in [7, 11) is 0. The molecule has 2 aliphatic rings. The third kappa shape index (κ3) is 3.19. The molecule has 4 heteroatoms. The van der Waals surface area contributed by atoms with Crippen molar-refractivity contribution in [1.82, 2.24) is 10.2 Å². The molecule has 1 N–H and O–H groups in total. The van der Waals surface area contributed by atoms with Crippen LogP contribution in [0.2, 0.25) is 0 Å². The summed E-state index contributed by atoms with van der Waals surface area (Å²) >= 11 is 0. The Kier molecular flexibility index (Phi) is 3.73. The largest absolute Gasteiger partial charge is 0.376 e. The molecule has 2 fully saturated rings. The molecule has 0 radical (unpaired) electrons. The Balaban J connectivity index is 2.02. The van der Waals surface area contributed by atoms with Crippen LogP contribution in [0, 0.1) is 5.41 Å². The van der Waals surface area contributed by atoms with Gasteiger partial charge in [0.05, 0.1) is 12.1 Å². The molecule has 0 aromatic rings. The number of nitrogens with zero attached hydrogens (tertiary/aromatic N) is 1. The first-order valence-corrected chi connectivity index (χ1v) is 6.62. The van der Waals surface area contributed by atoms with Crippen LogP contribution in [-0.4, -0.2) is 49.2 Å². The molecule has 2 aliphatic heterocycles. The Morgan fingerprint density at radius 1 is 1.53 bits per heavy atom. The Bertz CT molecular complexity index is 285. The maximum atomic E-state index is 12.2. The summed E-state index contributed by atoms with van der Waals surface area (Å²) in [6.07, 6.45) is 2.47. The fourth-order valence-electron chi connectivity index (χ4n) is 2.63. The average Bonchev–Trinajstić information content (AvgIpc) is 2.73. The lowest BCUT2D eigenvalue weighted by Gasteiger charge is -2.30.